The second-order valence-electron chi connectivity index (χ2n) is 5.24. The predicted molar refractivity (Wildman–Crippen MR) is 98.0 cm³/mol. The Morgan fingerprint density at radius 2 is 1.88 bits per heavy atom. The molecule has 0 saturated carbocycles. The monoisotopic (exact) mass is 383 g/mol. The number of nitrogens with one attached hydrogen (secondary N) is 1. The zero-order chi connectivity index (χ0) is 17.1. The van der Waals surface area contributed by atoms with Crippen LogP contribution in [0.2, 0.25) is 0 Å². The van der Waals surface area contributed by atoms with Gasteiger partial charge in [0.15, 0.2) is 11.5 Å². The van der Waals surface area contributed by atoms with Crippen LogP contribution in [-0.4, -0.2) is 11.7 Å². The third-order valence-electron chi connectivity index (χ3n) is 3.44. The first kappa shape index (κ1) is 16.2. The first-order chi connectivity index (χ1) is 11.5. The number of ketones is 1. The minimum absolute atomic E-state index is 0.143. The van der Waals surface area contributed by atoms with E-state index in [1.54, 1.807) is 12.1 Å². The molecule has 0 aliphatic carbocycles. The van der Waals surface area contributed by atoms with Crippen molar-refractivity contribution in [3.63, 3.8) is 0 Å². The van der Waals surface area contributed by atoms with E-state index in [9.17, 15) is 9.59 Å². The molecule has 2 aromatic carbocycles. The van der Waals surface area contributed by atoms with Crippen LogP contribution in [0, 0.1) is 0 Å². The van der Waals surface area contributed by atoms with Crippen molar-refractivity contribution in [2.24, 2.45) is 0 Å². The summed E-state index contributed by atoms with van der Waals surface area (Å²) in [5.41, 5.74) is 1.85. The summed E-state index contributed by atoms with van der Waals surface area (Å²) in [5.74, 6) is -0.432. The number of fused-ring (bicyclic) bond motifs is 1. The Balaban J connectivity index is 1.92. The summed E-state index contributed by atoms with van der Waals surface area (Å²) in [7, 11) is 0. The maximum Gasteiger partial charge on any atom is 0.248 e. The fraction of sp³-hybridized carbons (Fsp3) is 0.0526. The molecule has 1 heterocycles. The number of rotatable bonds is 4. The van der Waals surface area contributed by atoms with E-state index in [4.69, 9.17) is 4.42 Å². The molecular weight excluding hydrogens is 370 g/mol. The van der Waals surface area contributed by atoms with Crippen LogP contribution in [-0.2, 0) is 4.79 Å². The number of anilines is 1. The molecule has 0 aliphatic rings. The predicted octanol–water partition coefficient (Wildman–Crippen LogP) is 5.05. The third kappa shape index (κ3) is 3.46. The van der Waals surface area contributed by atoms with E-state index in [2.05, 4.69) is 21.2 Å². The fourth-order valence-corrected chi connectivity index (χ4v) is 2.70. The van der Waals surface area contributed by atoms with Gasteiger partial charge in [-0.25, -0.2) is 0 Å². The van der Waals surface area contributed by atoms with Gasteiger partial charge in [-0.2, -0.15) is 0 Å². The summed E-state index contributed by atoms with van der Waals surface area (Å²) in [4.78, 5) is 24.0. The van der Waals surface area contributed by atoms with Gasteiger partial charge in [-0.05, 0) is 29.8 Å². The number of benzene rings is 2. The van der Waals surface area contributed by atoms with Crippen LogP contribution in [0.3, 0.4) is 0 Å². The summed E-state index contributed by atoms with van der Waals surface area (Å²) in [6, 6.07) is 14.9. The number of amides is 1. The molecule has 3 rings (SSSR count). The van der Waals surface area contributed by atoms with Crippen LogP contribution in [0.15, 0.2) is 63.5 Å². The quantitative estimate of drug-likeness (QED) is 0.506. The number of halogens is 1. The summed E-state index contributed by atoms with van der Waals surface area (Å²) >= 11 is 3.39. The Morgan fingerprint density at radius 3 is 2.58 bits per heavy atom. The molecule has 5 heteroatoms. The molecule has 1 aromatic heterocycles. The molecule has 4 nitrogen and oxygen atoms in total. The standard InChI is InChI=1S/C19H14BrNO3/c1-12(22)19-18(15-11-14(20)8-9-16(15)24-19)21-17(23)10-7-13-5-3-2-4-6-13/h2-11H,1H3,(H,21,23). The van der Waals surface area contributed by atoms with E-state index in [0.717, 1.165) is 10.0 Å². The lowest BCUT2D eigenvalue weighted by atomic mass is 10.2. The molecular formula is C19H14BrNO3. The number of furan rings is 1. The summed E-state index contributed by atoms with van der Waals surface area (Å²) < 4.78 is 6.40. The van der Waals surface area contributed by atoms with Gasteiger partial charge in [0.05, 0.1) is 5.69 Å². The van der Waals surface area contributed by atoms with Gasteiger partial charge in [-0.15, -0.1) is 0 Å². The van der Waals surface area contributed by atoms with Crippen LogP contribution in [0.1, 0.15) is 23.0 Å². The van der Waals surface area contributed by atoms with Crippen LogP contribution in [0.25, 0.3) is 17.0 Å². The largest absolute Gasteiger partial charge is 0.451 e. The molecule has 120 valence electrons. The average molecular weight is 384 g/mol. The van der Waals surface area contributed by atoms with Crippen molar-refractivity contribution in [3.8, 4) is 0 Å². The first-order valence-electron chi connectivity index (χ1n) is 7.31. The molecule has 0 aliphatic heterocycles. The van der Waals surface area contributed by atoms with Gasteiger partial charge < -0.3 is 9.73 Å². The Labute approximate surface area is 147 Å². The average Bonchev–Trinajstić information content (AvgIpc) is 2.92. The van der Waals surface area contributed by atoms with Crippen LogP contribution >= 0.6 is 15.9 Å². The molecule has 0 fully saturated rings. The lowest BCUT2D eigenvalue weighted by Crippen LogP contribution is -2.10. The molecule has 1 amide bonds. The second-order valence-corrected chi connectivity index (χ2v) is 6.15. The number of hydrogen-bond acceptors (Lipinski definition) is 3. The topological polar surface area (TPSA) is 59.3 Å². The zero-order valence-corrected chi connectivity index (χ0v) is 14.5. The summed E-state index contributed by atoms with van der Waals surface area (Å²) in [6.45, 7) is 1.40. The maximum atomic E-state index is 12.2. The Bertz CT molecular complexity index is 942. The minimum Gasteiger partial charge on any atom is -0.451 e. The number of Topliss-reactive ketones (excluding diaryl/α,β-unsaturated/α-hetero) is 1. The van der Waals surface area contributed by atoms with Gasteiger partial charge in [-0.1, -0.05) is 46.3 Å². The van der Waals surface area contributed by atoms with Crippen molar-refractivity contribution in [3.05, 3.63) is 70.4 Å². The highest BCUT2D eigenvalue weighted by Crippen LogP contribution is 2.33. The van der Waals surface area contributed by atoms with E-state index >= 15 is 0 Å². The smallest absolute Gasteiger partial charge is 0.248 e. The van der Waals surface area contributed by atoms with Gasteiger partial charge >= 0.3 is 0 Å². The lowest BCUT2D eigenvalue weighted by Gasteiger charge is -2.02. The zero-order valence-electron chi connectivity index (χ0n) is 12.9. The normalized spacial score (nSPS) is 11.1. The maximum absolute atomic E-state index is 12.2. The van der Waals surface area contributed by atoms with Crippen molar-refractivity contribution in [1.82, 2.24) is 0 Å². The van der Waals surface area contributed by atoms with Gasteiger partial charge in [0.25, 0.3) is 0 Å². The van der Waals surface area contributed by atoms with Crippen LogP contribution in [0.4, 0.5) is 5.69 Å². The van der Waals surface area contributed by atoms with E-state index < -0.39 is 0 Å². The molecule has 3 aromatic rings. The Morgan fingerprint density at radius 1 is 1.12 bits per heavy atom. The van der Waals surface area contributed by atoms with Crippen molar-refractivity contribution < 1.29 is 14.0 Å². The van der Waals surface area contributed by atoms with Crippen molar-refractivity contribution in [2.45, 2.75) is 6.92 Å². The van der Waals surface area contributed by atoms with Gasteiger partial charge in [0, 0.05) is 22.9 Å². The SMILES string of the molecule is CC(=O)c1oc2ccc(Br)cc2c1NC(=O)C=Cc1ccccc1. The molecule has 0 saturated heterocycles. The lowest BCUT2D eigenvalue weighted by molar-refractivity contribution is -0.111. The molecule has 1 N–H and O–H groups in total. The van der Waals surface area contributed by atoms with Crippen molar-refractivity contribution in [1.29, 1.82) is 0 Å². The van der Waals surface area contributed by atoms with Gasteiger partial charge in [0.1, 0.15) is 5.58 Å². The molecule has 0 bridgehead atoms. The molecule has 24 heavy (non-hydrogen) atoms. The first-order valence-corrected chi connectivity index (χ1v) is 8.11. The molecule has 0 radical (unpaired) electrons. The number of hydrogen-bond donors (Lipinski definition) is 1. The highest BCUT2D eigenvalue weighted by Gasteiger charge is 2.19. The fourth-order valence-electron chi connectivity index (χ4n) is 2.34. The second kappa shape index (κ2) is 6.84. The molecule has 0 unspecified atom stereocenters. The van der Waals surface area contributed by atoms with Gasteiger partial charge in [-0.3, -0.25) is 9.59 Å². The Kier molecular flexibility index (Phi) is 4.62. The van der Waals surface area contributed by atoms with Crippen molar-refractivity contribution >= 4 is 50.4 Å². The highest BCUT2D eigenvalue weighted by atomic mass is 79.9. The number of carbonyl (C=O) groups excluding carboxylic acids is 2. The van der Waals surface area contributed by atoms with E-state index in [-0.39, 0.29) is 17.5 Å². The van der Waals surface area contributed by atoms with Crippen LogP contribution < -0.4 is 5.32 Å². The van der Waals surface area contributed by atoms with Gasteiger partial charge in [0.2, 0.25) is 5.91 Å². The highest BCUT2D eigenvalue weighted by molar-refractivity contribution is 9.10. The summed E-state index contributed by atoms with van der Waals surface area (Å²) in [5, 5.41) is 3.43. The van der Waals surface area contributed by atoms with Crippen LogP contribution in [0.5, 0.6) is 0 Å². The summed E-state index contributed by atoms with van der Waals surface area (Å²) in [6.07, 6.45) is 3.14. The van der Waals surface area contributed by atoms with E-state index in [0.29, 0.717) is 16.7 Å². The third-order valence-corrected chi connectivity index (χ3v) is 3.94. The number of carbonyl (C=O) groups is 2. The van der Waals surface area contributed by atoms with E-state index in [1.165, 1.54) is 13.0 Å². The van der Waals surface area contributed by atoms with E-state index in [1.807, 2.05) is 42.5 Å². The molecule has 0 spiro atoms. The minimum atomic E-state index is -0.330. The van der Waals surface area contributed by atoms with Crippen molar-refractivity contribution in [2.75, 3.05) is 5.32 Å². The molecule has 0 atom stereocenters. The Hall–Kier alpha value is -2.66.